The molecule has 1 atom stereocenters. The number of hydrogen-bond donors (Lipinski definition) is 1. The summed E-state index contributed by atoms with van der Waals surface area (Å²) < 4.78 is 13.1. The predicted octanol–water partition coefficient (Wildman–Crippen LogP) is 4.68. The standard InChI is InChI=1S/C30H32N3O3/c34-30(25-12-6-2-7-13-25,26-14-8-3-9-15-26)29-31-28(36-32-29)21-33-18-16-24(17-19-33)27(20-33)35-22-23-10-4-1-5-11-23/h1-15,24,27,34H,16-22H2/q+1/t24?,27-,33?/m0/s1. The lowest BCUT2D eigenvalue weighted by Crippen LogP contribution is -2.63. The summed E-state index contributed by atoms with van der Waals surface area (Å²) in [6.45, 7) is 4.44. The van der Waals surface area contributed by atoms with E-state index in [2.05, 4.69) is 29.4 Å². The quantitative estimate of drug-likeness (QED) is 0.370. The minimum Gasteiger partial charge on any atom is -0.373 e. The highest BCUT2D eigenvalue weighted by molar-refractivity contribution is 5.42. The number of piperidine rings is 3. The van der Waals surface area contributed by atoms with Gasteiger partial charge in [-0.3, -0.25) is 0 Å². The van der Waals surface area contributed by atoms with Gasteiger partial charge >= 0.3 is 0 Å². The lowest BCUT2D eigenvalue weighted by molar-refractivity contribution is -0.959. The van der Waals surface area contributed by atoms with E-state index in [4.69, 9.17) is 14.2 Å². The lowest BCUT2D eigenvalue weighted by atomic mass is 9.83. The first-order valence-electron chi connectivity index (χ1n) is 12.8. The Balaban J connectivity index is 1.23. The summed E-state index contributed by atoms with van der Waals surface area (Å²) in [6.07, 6.45) is 2.54. The molecule has 7 rings (SSSR count). The minimum absolute atomic E-state index is 0.237. The number of quaternary nitrogens is 1. The van der Waals surface area contributed by atoms with Crippen LogP contribution in [0.25, 0.3) is 0 Å². The molecule has 36 heavy (non-hydrogen) atoms. The molecule has 0 aliphatic carbocycles. The molecular formula is C30H32N3O3+. The van der Waals surface area contributed by atoms with Gasteiger partial charge in [0.1, 0.15) is 12.6 Å². The van der Waals surface area contributed by atoms with Crippen LogP contribution >= 0.6 is 0 Å². The van der Waals surface area contributed by atoms with Crippen LogP contribution in [0.4, 0.5) is 0 Å². The molecule has 0 spiro atoms. The first kappa shape index (κ1) is 23.1. The highest BCUT2D eigenvalue weighted by Crippen LogP contribution is 2.38. The fourth-order valence-corrected chi connectivity index (χ4v) is 5.95. The van der Waals surface area contributed by atoms with Crippen molar-refractivity contribution < 1.29 is 18.8 Å². The Morgan fingerprint density at radius 1 is 0.861 bits per heavy atom. The van der Waals surface area contributed by atoms with Crippen molar-refractivity contribution in [3.05, 3.63) is 119 Å². The summed E-state index contributed by atoms with van der Waals surface area (Å²) in [5.74, 6) is 1.46. The van der Waals surface area contributed by atoms with E-state index >= 15 is 0 Å². The third-order valence-electron chi connectivity index (χ3n) is 7.99. The van der Waals surface area contributed by atoms with Crippen molar-refractivity contribution in [2.24, 2.45) is 5.92 Å². The van der Waals surface area contributed by atoms with Crippen LogP contribution in [-0.2, 0) is 23.5 Å². The molecule has 1 N–H and O–H groups in total. The summed E-state index contributed by atoms with van der Waals surface area (Å²) in [7, 11) is 0. The van der Waals surface area contributed by atoms with E-state index < -0.39 is 5.60 Å². The molecule has 3 aliphatic rings. The number of nitrogens with zero attached hydrogens (tertiary/aromatic N) is 3. The van der Waals surface area contributed by atoms with E-state index in [1.54, 1.807) is 0 Å². The zero-order valence-electron chi connectivity index (χ0n) is 20.4. The van der Waals surface area contributed by atoms with E-state index in [9.17, 15) is 5.11 Å². The van der Waals surface area contributed by atoms with Crippen molar-refractivity contribution in [1.82, 2.24) is 10.1 Å². The highest BCUT2D eigenvalue weighted by Gasteiger charge is 2.48. The Morgan fingerprint density at radius 3 is 2.06 bits per heavy atom. The fraction of sp³-hybridized carbons (Fsp3) is 0.333. The number of ether oxygens (including phenoxy) is 1. The van der Waals surface area contributed by atoms with Crippen LogP contribution in [0.3, 0.4) is 0 Å². The van der Waals surface area contributed by atoms with Crippen LogP contribution < -0.4 is 0 Å². The third kappa shape index (κ3) is 4.37. The summed E-state index contributed by atoms with van der Waals surface area (Å²) in [5, 5.41) is 16.3. The van der Waals surface area contributed by atoms with Crippen LogP contribution in [0.5, 0.6) is 0 Å². The van der Waals surface area contributed by atoms with E-state index in [-0.39, 0.29) is 11.9 Å². The van der Waals surface area contributed by atoms with Crippen molar-refractivity contribution in [1.29, 1.82) is 0 Å². The molecule has 0 amide bonds. The Kier molecular flexibility index (Phi) is 6.17. The van der Waals surface area contributed by atoms with E-state index in [1.165, 1.54) is 5.56 Å². The SMILES string of the molecule is OC(c1ccccc1)(c1ccccc1)c1noc(C[N+]23CCC(CC2)[C@@H](OCc2ccccc2)C3)n1. The topological polar surface area (TPSA) is 68.4 Å². The third-order valence-corrected chi connectivity index (χ3v) is 7.99. The Bertz CT molecular complexity index is 1230. The molecule has 1 aromatic heterocycles. The maximum atomic E-state index is 12.0. The lowest BCUT2D eigenvalue weighted by Gasteiger charge is -2.51. The van der Waals surface area contributed by atoms with Crippen LogP contribution in [-0.4, -0.2) is 45.5 Å². The highest BCUT2D eigenvalue weighted by atomic mass is 16.5. The predicted molar refractivity (Wildman–Crippen MR) is 136 cm³/mol. The maximum absolute atomic E-state index is 12.0. The Hall–Kier alpha value is -3.32. The number of hydrogen-bond acceptors (Lipinski definition) is 5. The van der Waals surface area contributed by atoms with Gasteiger partial charge in [0, 0.05) is 18.8 Å². The van der Waals surface area contributed by atoms with Gasteiger partial charge in [-0.25, -0.2) is 0 Å². The Labute approximate surface area is 211 Å². The van der Waals surface area contributed by atoms with Crippen molar-refractivity contribution in [3.8, 4) is 0 Å². The van der Waals surface area contributed by atoms with Gasteiger partial charge in [-0.05, 0) is 16.7 Å². The number of rotatable bonds is 8. The largest absolute Gasteiger partial charge is 0.373 e. The molecule has 3 aliphatic heterocycles. The number of benzene rings is 3. The zero-order valence-corrected chi connectivity index (χ0v) is 20.4. The van der Waals surface area contributed by atoms with Gasteiger partial charge < -0.3 is 18.8 Å². The summed E-state index contributed by atoms with van der Waals surface area (Å²) in [5.41, 5.74) is 1.15. The molecule has 3 saturated heterocycles. The molecule has 3 fully saturated rings. The summed E-state index contributed by atoms with van der Waals surface area (Å²) >= 11 is 0. The van der Waals surface area contributed by atoms with Gasteiger partial charge in [0.2, 0.25) is 5.82 Å². The molecule has 2 bridgehead atoms. The second-order valence-corrected chi connectivity index (χ2v) is 10.3. The van der Waals surface area contributed by atoms with Crippen molar-refractivity contribution >= 4 is 0 Å². The van der Waals surface area contributed by atoms with E-state index in [0.29, 0.717) is 36.1 Å². The van der Waals surface area contributed by atoms with Crippen LogP contribution in [0, 0.1) is 5.92 Å². The smallest absolute Gasteiger partial charge is 0.282 e. The van der Waals surface area contributed by atoms with Gasteiger partial charge in [-0.2, -0.15) is 4.98 Å². The van der Waals surface area contributed by atoms with Gasteiger partial charge in [0.15, 0.2) is 12.1 Å². The molecule has 6 heteroatoms. The minimum atomic E-state index is -1.49. The van der Waals surface area contributed by atoms with E-state index in [1.807, 2.05) is 66.7 Å². The molecule has 0 saturated carbocycles. The van der Waals surface area contributed by atoms with Gasteiger partial charge in [0.25, 0.3) is 5.89 Å². The molecule has 184 valence electrons. The van der Waals surface area contributed by atoms with Crippen LogP contribution in [0.2, 0.25) is 0 Å². The first-order chi connectivity index (χ1) is 17.6. The first-order valence-corrected chi connectivity index (χ1v) is 12.8. The normalized spacial score (nSPS) is 23.6. The van der Waals surface area contributed by atoms with Crippen LogP contribution in [0.1, 0.15) is 41.2 Å². The van der Waals surface area contributed by atoms with Crippen molar-refractivity contribution in [3.63, 3.8) is 0 Å². The number of aromatic nitrogens is 2. The summed E-state index contributed by atoms with van der Waals surface area (Å²) in [6, 6.07) is 29.5. The van der Waals surface area contributed by atoms with E-state index in [0.717, 1.165) is 37.0 Å². The van der Waals surface area contributed by atoms with Gasteiger partial charge in [-0.15, -0.1) is 0 Å². The molecule has 6 nitrogen and oxygen atoms in total. The number of aliphatic hydroxyl groups is 1. The fourth-order valence-electron chi connectivity index (χ4n) is 5.95. The average molecular weight is 483 g/mol. The second-order valence-electron chi connectivity index (χ2n) is 10.3. The molecule has 4 heterocycles. The second kappa shape index (κ2) is 9.62. The molecule has 3 aromatic carbocycles. The van der Waals surface area contributed by atoms with Crippen molar-refractivity contribution in [2.45, 2.75) is 37.7 Å². The number of fused-ring (bicyclic) bond motifs is 3. The molecule has 0 unspecified atom stereocenters. The van der Waals surface area contributed by atoms with Crippen LogP contribution in [0.15, 0.2) is 95.5 Å². The average Bonchev–Trinajstić information content (AvgIpc) is 3.42. The van der Waals surface area contributed by atoms with Crippen molar-refractivity contribution in [2.75, 3.05) is 19.6 Å². The zero-order chi connectivity index (χ0) is 24.4. The molecular weight excluding hydrogens is 450 g/mol. The Morgan fingerprint density at radius 2 is 1.44 bits per heavy atom. The van der Waals surface area contributed by atoms with Gasteiger partial charge in [-0.1, -0.05) is 96.2 Å². The summed E-state index contributed by atoms with van der Waals surface area (Å²) in [4.78, 5) is 4.77. The monoisotopic (exact) mass is 482 g/mol. The maximum Gasteiger partial charge on any atom is 0.282 e. The molecule has 4 aromatic rings. The molecule has 0 radical (unpaired) electrons. The van der Waals surface area contributed by atoms with Gasteiger partial charge in [0.05, 0.1) is 19.7 Å².